The lowest BCUT2D eigenvalue weighted by molar-refractivity contribution is 0.0465. The van der Waals surface area contributed by atoms with Crippen LogP contribution >= 0.6 is 0 Å². The molecule has 3 N–H and O–H groups in total. The van der Waals surface area contributed by atoms with Crippen LogP contribution in [0.25, 0.3) is 0 Å². The van der Waals surface area contributed by atoms with E-state index in [9.17, 15) is 14.4 Å². The fourth-order valence-corrected chi connectivity index (χ4v) is 1.97. The largest absolute Gasteiger partial charge is 0.478 e. The summed E-state index contributed by atoms with van der Waals surface area (Å²) in [4.78, 5) is 33.5. The SMILES string of the molecule is O=C(O)c1cc(=O)n(C2CC(O)C2)cc1C(=O)O. The number of pyridine rings is 1. The number of carboxylic acid groups (broad SMARTS) is 2. The molecule has 96 valence electrons. The molecular formula is C11H11NO6. The predicted molar refractivity (Wildman–Crippen MR) is 58.9 cm³/mol. The van der Waals surface area contributed by atoms with Crippen molar-refractivity contribution in [2.45, 2.75) is 25.0 Å². The topological polar surface area (TPSA) is 117 Å². The molecule has 7 heteroatoms. The van der Waals surface area contributed by atoms with Crippen LogP contribution in [0, 0.1) is 0 Å². The van der Waals surface area contributed by atoms with Crippen molar-refractivity contribution in [1.29, 1.82) is 0 Å². The Kier molecular flexibility index (Phi) is 2.92. The summed E-state index contributed by atoms with van der Waals surface area (Å²) in [5, 5.41) is 26.9. The van der Waals surface area contributed by atoms with Crippen molar-refractivity contribution in [2.75, 3.05) is 0 Å². The first-order valence-corrected chi connectivity index (χ1v) is 5.31. The molecule has 1 heterocycles. The van der Waals surface area contributed by atoms with E-state index >= 15 is 0 Å². The maximum Gasteiger partial charge on any atom is 0.338 e. The molecule has 0 saturated heterocycles. The lowest BCUT2D eigenvalue weighted by Crippen LogP contribution is -2.37. The standard InChI is InChI=1S/C11H11NO6/c13-6-1-5(2-6)12-4-8(11(17)18)7(10(15)16)3-9(12)14/h3-6,13H,1-2H2,(H,15,16)(H,17,18). The molecule has 0 unspecified atom stereocenters. The minimum atomic E-state index is -1.45. The van der Waals surface area contributed by atoms with Crippen LogP contribution in [0.1, 0.15) is 39.6 Å². The third-order valence-corrected chi connectivity index (χ3v) is 3.02. The summed E-state index contributed by atoms with van der Waals surface area (Å²) in [5.74, 6) is -2.86. The van der Waals surface area contributed by atoms with Gasteiger partial charge in [0.1, 0.15) is 0 Å². The molecule has 0 radical (unpaired) electrons. The van der Waals surface area contributed by atoms with Crippen molar-refractivity contribution < 1.29 is 24.9 Å². The molecule has 0 aliphatic heterocycles. The smallest absolute Gasteiger partial charge is 0.338 e. The minimum Gasteiger partial charge on any atom is -0.478 e. The van der Waals surface area contributed by atoms with E-state index in [0.717, 1.165) is 12.3 Å². The average molecular weight is 253 g/mol. The van der Waals surface area contributed by atoms with Crippen LogP contribution in [0.2, 0.25) is 0 Å². The first-order valence-electron chi connectivity index (χ1n) is 5.31. The second-order valence-corrected chi connectivity index (χ2v) is 4.24. The molecule has 1 aromatic heterocycles. The summed E-state index contributed by atoms with van der Waals surface area (Å²) in [6.45, 7) is 0. The Morgan fingerprint density at radius 1 is 1.17 bits per heavy atom. The van der Waals surface area contributed by atoms with E-state index in [1.165, 1.54) is 4.57 Å². The Bertz CT molecular complexity index is 569. The third-order valence-electron chi connectivity index (χ3n) is 3.02. The van der Waals surface area contributed by atoms with Gasteiger partial charge in [-0.1, -0.05) is 0 Å². The van der Waals surface area contributed by atoms with Crippen molar-refractivity contribution in [3.05, 3.63) is 33.7 Å². The van der Waals surface area contributed by atoms with Crippen molar-refractivity contribution >= 4 is 11.9 Å². The molecule has 18 heavy (non-hydrogen) atoms. The van der Waals surface area contributed by atoms with Gasteiger partial charge < -0.3 is 19.9 Å². The number of carbonyl (C=O) groups is 2. The summed E-state index contributed by atoms with van der Waals surface area (Å²) < 4.78 is 1.17. The first-order chi connectivity index (χ1) is 8.40. The van der Waals surface area contributed by atoms with Gasteiger partial charge in [-0.2, -0.15) is 0 Å². The third kappa shape index (κ3) is 2.00. The van der Waals surface area contributed by atoms with Crippen molar-refractivity contribution in [3.8, 4) is 0 Å². The number of aromatic nitrogens is 1. The monoisotopic (exact) mass is 253 g/mol. The number of aromatic carboxylic acids is 2. The Balaban J connectivity index is 2.50. The molecule has 0 spiro atoms. The van der Waals surface area contributed by atoms with Gasteiger partial charge in [-0.15, -0.1) is 0 Å². The number of aliphatic hydroxyl groups is 1. The van der Waals surface area contributed by atoms with Gasteiger partial charge in [0.15, 0.2) is 0 Å². The molecule has 7 nitrogen and oxygen atoms in total. The second kappa shape index (κ2) is 4.26. The summed E-state index contributed by atoms with van der Waals surface area (Å²) in [5.41, 5.74) is -1.53. The van der Waals surface area contributed by atoms with E-state index in [1.807, 2.05) is 0 Å². The fraction of sp³-hybridized carbons (Fsp3) is 0.364. The predicted octanol–water partition coefficient (Wildman–Crippen LogP) is -0.0595. The number of nitrogens with zero attached hydrogens (tertiary/aromatic N) is 1. The summed E-state index contributed by atoms with van der Waals surface area (Å²) in [6.07, 6.45) is 1.27. The van der Waals surface area contributed by atoms with Crippen molar-refractivity contribution in [3.63, 3.8) is 0 Å². The van der Waals surface area contributed by atoms with Gasteiger partial charge in [0.25, 0.3) is 5.56 Å². The van der Waals surface area contributed by atoms with Gasteiger partial charge >= 0.3 is 11.9 Å². The van der Waals surface area contributed by atoms with Gasteiger partial charge in [-0.05, 0) is 12.8 Å². The first kappa shape index (κ1) is 12.3. The zero-order valence-electron chi connectivity index (χ0n) is 9.24. The van der Waals surface area contributed by atoms with E-state index in [-0.39, 0.29) is 6.04 Å². The van der Waals surface area contributed by atoms with Gasteiger partial charge in [-0.25, -0.2) is 9.59 Å². The zero-order chi connectivity index (χ0) is 13.4. The second-order valence-electron chi connectivity index (χ2n) is 4.24. The molecule has 0 bridgehead atoms. The van der Waals surface area contributed by atoms with Crippen LogP contribution in [0.4, 0.5) is 0 Å². The van der Waals surface area contributed by atoms with Gasteiger partial charge in [0.05, 0.1) is 17.2 Å². The quantitative estimate of drug-likeness (QED) is 0.694. The Labute approximate surface area is 101 Å². The fourth-order valence-electron chi connectivity index (χ4n) is 1.97. The van der Waals surface area contributed by atoms with Gasteiger partial charge in [0.2, 0.25) is 0 Å². The van der Waals surface area contributed by atoms with Crippen LogP contribution in [0.5, 0.6) is 0 Å². The Hall–Kier alpha value is -2.15. The van der Waals surface area contributed by atoms with Crippen LogP contribution in [-0.2, 0) is 0 Å². The molecule has 1 saturated carbocycles. The summed E-state index contributed by atoms with van der Waals surface area (Å²) in [6, 6.07) is 0.532. The van der Waals surface area contributed by atoms with Crippen LogP contribution < -0.4 is 5.56 Å². The van der Waals surface area contributed by atoms with E-state index in [2.05, 4.69) is 0 Å². The average Bonchev–Trinajstić information content (AvgIpc) is 2.24. The molecule has 1 aliphatic rings. The van der Waals surface area contributed by atoms with Crippen LogP contribution in [0.3, 0.4) is 0 Å². The van der Waals surface area contributed by atoms with Crippen LogP contribution in [0.15, 0.2) is 17.1 Å². The summed E-state index contributed by atoms with van der Waals surface area (Å²) >= 11 is 0. The number of aliphatic hydroxyl groups excluding tert-OH is 1. The highest BCUT2D eigenvalue weighted by molar-refractivity contribution is 6.01. The molecule has 1 aromatic rings. The summed E-state index contributed by atoms with van der Waals surface area (Å²) in [7, 11) is 0. The molecule has 0 amide bonds. The van der Waals surface area contributed by atoms with E-state index < -0.39 is 34.7 Å². The van der Waals surface area contributed by atoms with Crippen molar-refractivity contribution in [1.82, 2.24) is 4.57 Å². The van der Waals surface area contributed by atoms with E-state index in [0.29, 0.717) is 12.8 Å². The Morgan fingerprint density at radius 2 is 1.72 bits per heavy atom. The molecule has 2 rings (SSSR count). The maximum atomic E-state index is 11.7. The van der Waals surface area contributed by atoms with Gasteiger partial charge in [0, 0.05) is 18.3 Å². The number of hydrogen-bond acceptors (Lipinski definition) is 4. The number of hydrogen-bond donors (Lipinski definition) is 3. The normalized spacial score (nSPS) is 22.3. The molecule has 0 aromatic carbocycles. The number of rotatable bonds is 3. The van der Waals surface area contributed by atoms with Crippen LogP contribution in [-0.4, -0.2) is 37.9 Å². The Morgan fingerprint density at radius 3 is 2.17 bits per heavy atom. The molecule has 1 fully saturated rings. The highest BCUT2D eigenvalue weighted by Crippen LogP contribution is 2.31. The van der Waals surface area contributed by atoms with E-state index in [1.54, 1.807) is 0 Å². The number of carboxylic acids is 2. The van der Waals surface area contributed by atoms with Crippen molar-refractivity contribution in [2.24, 2.45) is 0 Å². The van der Waals surface area contributed by atoms with E-state index in [4.69, 9.17) is 15.3 Å². The molecule has 0 atom stereocenters. The minimum absolute atomic E-state index is 0.270. The highest BCUT2D eigenvalue weighted by atomic mass is 16.4. The maximum absolute atomic E-state index is 11.7. The molecular weight excluding hydrogens is 242 g/mol. The lowest BCUT2D eigenvalue weighted by Gasteiger charge is -2.33. The lowest BCUT2D eigenvalue weighted by atomic mass is 9.89. The zero-order valence-corrected chi connectivity index (χ0v) is 9.24. The highest BCUT2D eigenvalue weighted by Gasteiger charge is 2.30. The van der Waals surface area contributed by atoms with Gasteiger partial charge in [-0.3, -0.25) is 4.79 Å². The molecule has 1 aliphatic carbocycles.